The number of aromatic nitrogens is 1. The molecule has 1 saturated heterocycles. The molecule has 3 rings (SSSR count). The largest absolute Gasteiger partial charge is 0.480 e. The van der Waals surface area contributed by atoms with Crippen molar-refractivity contribution in [1.82, 2.24) is 9.88 Å². The van der Waals surface area contributed by atoms with Gasteiger partial charge in [-0.05, 0) is 43.7 Å². The first-order valence-electron chi connectivity index (χ1n) is 6.80. The molecular formula is C14H15ClN2O3. The van der Waals surface area contributed by atoms with Gasteiger partial charge < -0.3 is 10.0 Å². The summed E-state index contributed by atoms with van der Waals surface area (Å²) in [5, 5.41) is 9.35. The van der Waals surface area contributed by atoms with Crippen LogP contribution in [-0.4, -0.2) is 39.5 Å². The fourth-order valence-electron chi connectivity index (χ4n) is 3.02. The van der Waals surface area contributed by atoms with Gasteiger partial charge in [-0.1, -0.05) is 11.6 Å². The molecule has 0 radical (unpaired) electrons. The van der Waals surface area contributed by atoms with Crippen molar-refractivity contribution in [1.29, 1.82) is 0 Å². The van der Waals surface area contributed by atoms with E-state index < -0.39 is 12.0 Å². The minimum Gasteiger partial charge on any atom is -0.480 e. The van der Waals surface area contributed by atoms with E-state index in [1.807, 2.05) is 0 Å². The van der Waals surface area contributed by atoms with Crippen molar-refractivity contribution in [3.63, 3.8) is 0 Å². The summed E-state index contributed by atoms with van der Waals surface area (Å²) in [6.45, 7) is 0.462. The predicted octanol–water partition coefficient (Wildman–Crippen LogP) is 1.91. The summed E-state index contributed by atoms with van der Waals surface area (Å²) in [4.78, 5) is 29.4. The molecule has 0 spiro atoms. The second kappa shape index (κ2) is 5.05. The Morgan fingerprint density at radius 2 is 2.15 bits per heavy atom. The Morgan fingerprint density at radius 3 is 2.90 bits per heavy atom. The Labute approximate surface area is 121 Å². The highest BCUT2D eigenvalue weighted by Gasteiger charge is 2.35. The van der Waals surface area contributed by atoms with Gasteiger partial charge in [0.25, 0.3) is 5.91 Å². The Kier molecular flexibility index (Phi) is 3.38. The van der Waals surface area contributed by atoms with Crippen LogP contribution in [-0.2, 0) is 17.6 Å². The number of amides is 1. The lowest BCUT2D eigenvalue weighted by Crippen LogP contribution is -2.40. The maximum atomic E-state index is 12.5. The SMILES string of the molecule is O=C(O)[C@@H]1CCCN1C(=O)c1cc2c(nc1Cl)CCC2. The summed E-state index contributed by atoms with van der Waals surface area (Å²) in [5.74, 6) is -1.27. The second-order valence-electron chi connectivity index (χ2n) is 5.28. The van der Waals surface area contributed by atoms with Crippen LogP contribution < -0.4 is 0 Å². The minimum atomic E-state index is -0.957. The molecule has 1 aliphatic carbocycles. The molecule has 1 atom stereocenters. The molecule has 0 aromatic carbocycles. The van der Waals surface area contributed by atoms with E-state index in [1.54, 1.807) is 6.07 Å². The first kappa shape index (κ1) is 13.4. The lowest BCUT2D eigenvalue weighted by Gasteiger charge is -2.22. The van der Waals surface area contributed by atoms with Crippen LogP contribution in [0.5, 0.6) is 0 Å². The quantitative estimate of drug-likeness (QED) is 0.846. The molecule has 20 heavy (non-hydrogen) atoms. The van der Waals surface area contributed by atoms with Crippen LogP contribution in [0.25, 0.3) is 0 Å². The third-order valence-corrected chi connectivity index (χ3v) is 4.32. The van der Waals surface area contributed by atoms with Gasteiger partial charge in [-0.3, -0.25) is 4.79 Å². The molecule has 2 aliphatic rings. The maximum Gasteiger partial charge on any atom is 0.326 e. The molecule has 1 aliphatic heterocycles. The summed E-state index contributed by atoms with van der Waals surface area (Å²) in [6.07, 6.45) is 4.03. The fourth-order valence-corrected chi connectivity index (χ4v) is 3.26. The fraction of sp³-hybridized carbons (Fsp3) is 0.500. The molecular weight excluding hydrogens is 280 g/mol. The molecule has 1 fully saturated rings. The second-order valence-corrected chi connectivity index (χ2v) is 5.64. The molecule has 1 amide bonds. The summed E-state index contributed by atoms with van der Waals surface area (Å²) < 4.78 is 0. The molecule has 0 unspecified atom stereocenters. The number of carboxylic acids is 1. The number of carboxylic acid groups (broad SMARTS) is 1. The zero-order valence-corrected chi connectivity index (χ0v) is 11.7. The molecule has 1 aromatic rings. The van der Waals surface area contributed by atoms with Gasteiger partial charge in [0.05, 0.1) is 5.56 Å². The molecule has 1 aromatic heterocycles. The number of rotatable bonds is 2. The number of pyridine rings is 1. The minimum absolute atomic E-state index is 0.187. The van der Waals surface area contributed by atoms with Gasteiger partial charge in [-0.25, -0.2) is 9.78 Å². The summed E-state index contributed by atoms with van der Waals surface area (Å²) in [5.41, 5.74) is 2.35. The smallest absolute Gasteiger partial charge is 0.326 e. The highest BCUT2D eigenvalue weighted by atomic mass is 35.5. The lowest BCUT2D eigenvalue weighted by molar-refractivity contribution is -0.141. The number of hydrogen-bond donors (Lipinski definition) is 1. The molecule has 1 N–H and O–H groups in total. The van der Waals surface area contributed by atoms with Gasteiger partial charge >= 0.3 is 5.97 Å². The van der Waals surface area contributed by atoms with Gasteiger partial charge in [0.15, 0.2) is 0 Å². The number of aliphatic carboxylic acids is 1. The number of likely N-dealkylation sites (tertiary alicyclic amines) is 1. The predicted molar refractivity (Wildman–Crippen MR) is 73.0 cm³/mol. The Balaban J connectivity index is 1.93. The molecule has 6 heteroatoms. The van der Waals surface area contributed by atoms with Gasteiger partial charge in [-0.15, -0.1) is 0 Å². The van der Waals surface area contributed by atoms with E-state index in [-0.39, 0.29) is 11.1 Å². The number of halogens is 1. The topological polar surface area (TPSA) is 70.5 Å². The van der Waals surface area contributed by atoms with Crippen LogP contribution in [0.1, 0.15) is 40.9 Å². The Hall–Kier alpha value is -1.62. The third-order valence-electron chi connectivity index (χ3n) is 4.03. The molecule has 106 valence electrons. The van der Waals surface area contributed by atoms with Gasteiger partial charge in [0.2, 0.25) is 0 Å². The highest BCUT2D eigenvalue weighted by Crippen LogP contribution is 2.28. The van der Waals surface area contributed by atoms with Crippen molar-refractivity contribution >= 4 is 23.5 Å². The first-order valence-corrected chi connectivity index (χ1v) is 7.18. The van der Waals surface area contributed by atoms with Crippen LogP contribution in [0, 0.1) is 0 Å². The van der Waals surface area contributed by atoms with E-state index in [2.05, 4.69) is 4.98 Å². The number of aryl methyl sites for hydroxylation is 2. The summed E-state index contributed by atoms with van der Waals surface area (Å²) in [7, 11) is 0. The number of hydrogen-bond acceptors (Lipinski definition) is 3. The zero-order chi connectivity index (χ0) is 14.3. The Morgan fingerprint density at radius 1 is 1.35 bits per heavy atom. The van der Waals surface area contributed by atoms with Crippen LogP contribution in [0.2, 0.25) is 5.15 Å². The van der Waals surface area contributed by atoms with E-state index in [4.69, 9.17) is 16.7 Å². The number of nitrogens with zero attached hydrogens (tertiary/aromatic N) is 2. The average Bonchev–Trinajstić information content (AvgIpc) is 3.04. The number of fused-ring (bicyclic) bond motifs is 1. The van der Waals surface area contributed by atoms with Gasteiger partial charge in [0, 0.05) is 12.2 Å². The molecule has 0 saturated carbocycles. The van der Waals surface area contributed by atoms with Crippen LogP contribution in [0.15, 0.2) is 6.07 Å². The van der Waals surface area contributed by atoms with E-state index in [0.717, 1.165) is 30.5 Å². The van der Waals surface area contributed by atoms with Crippen molar-refractivity contribution in [3.8, 4) is 0 Å². The molecule has 5 nitrogen and oxygen atoms in total. The normalized spacial score (nSPS) is 21.1. The molecule has 2 heterocycles. The van der Waals surface area contributed by atoms with Crippen molar-refractivity contribution in [3.05, 3.63) is 28.0 Å². The number of carbonyl (C=O) groups is 2. The standard InChI is InChI=1S/C14H15ClN2O3/c15-12-9(7-8-3-1-4-10(8)16-12)13(18)17-6-2-5-11(17)14(19)20/h7,11H,1-6H2,(H,19,20)/t11-/m0/s1. The summed E-state index contributed by atoms with van der Waals surface area (Å²) in [6, 6.07) is 1.05. The number of carbonyl (C=O) groups excluding carboxylic acids is 1. The average molecular weight is 295 g/mol. The van der Waals surface area contributed by atoms with E-state index >= 15 is 0 Å². The molecule has 0 bridgehead atoms. The van der Waals surface area contributed by atoms with Gasteiger partial charge in [-0.2, -0.15) is 0 Å². The van der Waals surface area contributed by atoms with Crippen LogP contribution in [0.4, 0.5) is 0 Å². The monoisotopic (exact) mass is 294 g/mol. The van der Waals surface area contributed by atoms with Crippen LogP contribution in [0.3, 0.4) is 0 Å². The maximum absolute atomic E-state index is 12.5. The van der Waals surface area contributed by atoms with Gasteiger partial charge in [0.1, 0.15) is 11.2 Å². The first-order chi connectivity index (χ1) is 9.58. The van der Waals surface area contributed by atoms with E-state index in [9.17, 15) is 9.59 Å². The third kappa shape index (κ3) is 2.16. The Bertz CT molecular complexity index is 588. The van der Waals surface area contributed by atoms with E-state index in [0.29, 0.717) is 24.9 Å². The summed E-state index contributed by atoms with van der Waals surface area (Å²) >= 11 is 6.10. The van der Waals surface area contributed by atoms with Crippen LogP contribution >= 0.6 is 11.6 Å². The van der Waals surface area contributed by atoms with Crippen molar-refractivity contribution in [2.75, 3.05) is 6.54 Å². The zero-order valence-electron chi connectivity index (χ0n) is 10.9. The lowest BCUT2D eigenvalue weighted by atomic mass is 10.1. The van der Waals surface area contributed by atoms with Crippen molar-refractivity contribution in [2.24, 2.45) is 0 Å². The van der Waals surface area contributed by atoms with Crippen molar-refractivity contribution < 1.29 is 14.7 Å². The van der Waals surface area contributed by atoms with E-state index in [1.165, 1.54) is 4.90 Å². The van der Waals surface area contributed by atoms with Crippen molar-refractivity contribution in [2.45, 2.75) is 38.1 Å². The highest BCUT2D eigenvalue weighted by molar-refractivity contribution is 6.32.